The Hall–Kier alpha value is -3.47. The summed E-state index contributed by atoms with van der Waals surface area (Å²) in [5, 5.41) is 8.16. The molecule has 38 heavy (non-hydrogen) atoms. The molecule has 5 rings (SSSR count). The highest BCUT2D eigenvalue weighted by atomic mass is 32.2. The van der Waals surface area contributed by atoms with E-state index in [-0.39, 0.29) is 10.8 Å². The molecule has 2 aromatic heterocycles. The SMILES string of the molecule is CCCn1ncc2ccc(NC(=O)c3ccc(S(=O)(=O)OC(C)=O)c(CC)c3N3CCC4(CC3)CC4)nc21. The van der Waals surface area contributed by atoms with Gasteiger partial charge in [-0.1, -0.05) is 13.8 Å². The molecule has 202 valence electrons. The summed E-state index contributed by atoms with van der Waals surface area (Å²) in [6.45, 7) is 7.12. The monoisotopic (exact) mass is 539 g/mol. The van der Waals surface area contributed by atoms with E-state index in [0.29, 0.717) is 46.7 Å². The number of piperidine rings is 1. The highest BCUT2D eigenvalue weighted by Gasteiger charge is 2.45. The zero-order valence-electron chi connectivity index (χ0n) is 22.0. The first-order valence-electron chi connectivity index (χ1n) is 13.2. The molecule has 1 aliphatic heterocycles. The number of aryl methyl sites for hydroxylation is 1. The van der Waals surface area contributed by atoms with Crippen LogP contribution in [0, 0.1) is 5.41 Å². The number of pyridine rings is 1. The van der Waals surface area contributed by atoms with Crippen LogP contribution in [-0.2, 0) is 32.1 Å². The lowest BCUT2D eigenvalue weighted by atomic mass is 9.92. The molecule has 1 spiro atoms. The second-order valence-corrected chi connectivity index (χ2v) is 11.8. The normalized spacial score (nSPS) is 16.6. The summed E-state index contributed by atoms with van der Waals surface area (Å²) in [5.41, 5.74) is 2.49. The lowest BCUT2D eigenvalue weighted by molar-refractivity contribution is -0.131. The van der Waals surface area contributed by atoms with Crippen LogP contribution in [0.4, 0.5) is 11.5 Å². The van der Waals surface area contributed by atoms with Crippen LogP contribution in [0.2, 0.25) is 0 Å². The summed E-state index contributed by atoms with van der Waals surface area (Å²) in [4.78, 5) is 31.8. The molecule has 3 aromatic rings. The molecule has 1 N–H and O–H groups in total. The number of hydrogen-bond donors (Lipinski definition) is 1. The van der Waals surface area contributed by atoms with Crippen LogP contribution >= 0.6 is 0 Å². The predicted molar refractivity (Wildman–Crippen MR) is 144 cm³/mol. The molecule has 10 nitrogen and oxygen atoms in total. The highest BCUT2D eigenvalue weighted by molar-refractivity contribution is 7.87. The van der Waals surface area contributed by atoms with Gasteiger partial charge in [0, 0.05) is 31.9 Å². The summed E-state index contributed by atoms with van der Waals surface area (Å²) < 4.78 is 32.4. The van der Waals surface area contributed by atoms with Crippen molar-refractivity contribution in [2.45, 2.75) is 70.7 Å². The minimum Gasteiger partial charge on any atom is -0.371 e. The van der Waals surface area contributed by atoms with E-state index >= 15 is 0 Å². The summed E-state index contributed by atoms with van der Waals surface area (Å²) in [6, 6.07) is 6.45. The van der Waals surface area contributed by atoms with Gasteiger partial charge in [0.1, 0.15) is 10.7 Å². The van der Waals surface area contributed by atoms with Crippen molar-refractivity contribution in [2.75, 3.05) is 23.3 Å². The number of amides is 1. The fourth-order valence-corrected chi connectivity index (χ4v) is 6.58. The number of hydrogen-bond acceptors (Lipinski definition) is 8. The van der Waals surface area contributed by atoms with Crippen molar-refractivity contribution in [3.8, 4) is 0 Å². The number of anilines is 2. The van der Waals surface area contributed by atoms with Crippen LogP contribution in [0.25, 0.3) is 11.0 Å². The molecule has 2 aliphatic rings. The van der Waals surface area contributed by atoms with Crippen LogP contribution in [0.5, 0.6) is 0 Å². The molecule has 0 unspecified atom stereocenters. The van der Waals surface area contributed by atoms with E-state index < -0.39 is 16.1 Å². The van der Waals surface area contributed by atoms with Gasteiger partial charge in [0.25, 0.3) is 5.91 Å². The van der Waals surface area contributed by atoms with E-state index in [1.54, 1.807) is 12.3 Å². The zero-order chi connectivity index (χ0) is 27.1. The third-order valence-electron chi connectivity index (χ3n) is 7.59. The van der Waals surface area contributed by atoms with Gasteiger partial charge in [-0.2, -0.15) is 13.5 Å². The number of fused-ring (bicyclic) bond motifs is 1. The predicted octanol–water partition coefficient (Wildman–Crippen LogP) is 4.29. The van der Waals surface area contributed by atoms with Crippen molar-refractivity contribution >= 4 is 44.5 Å². The molecule has 11 heteroatoms. The number of aromatic nitrogens is 3. The lowest BCUT2D eigenvalue weighted by Gasteiger charge is -2.36. The largest absolute Gasteiger partial charge is 0.371 e. The molecule has 1 saturated carbocycles. The second-order valence-electron chi connectivity index (χ2n) is 10.2. The number of carbonyl (C=O) groups excluding carboxylic acids is 2. The Balaban J connectivity index is 1.54. The van der Waals surface area contributed by atoms with Crippen molar-refractivity contribution in [3.05, 3.63) is 41.6 Å². The highest BCUT2D eigenvalue weighted by Crippen LogP contribution is 2.54. The van der Waals surface area contributed by atoms with Gasteiger partial charge < -0.3 is 14.4 Å². The fraction of sp³-hybridized carbons (Fsp3) is 0.481. The average Bonchev–Trinajstić information content (AvgIpc) is 3.52. The Morgan fingerprint density at radius 1 is 1.08 bits per heavy atom. The van der Waals surface area contributed by atoms with Gasteiger partial charge in [-0.3, -0.25) is 9.59 Å². The third-order valence-corrected chi connectivity index (χ3v) is 8.97. The van der Waals surface area contributed by atoms with Crippen LogP contribution in [-0.4, -0.2) is 48.1 Å². The van der Waals surface area contributed by atoms with Gasteiger partial charge in [0.2, 0.25) is 0 Å². The van der Waals surface area contributed by atoms with Crippen molar-refractivity contribution in [3.63, 3.8) is 0 Å². The Kier molecular flexibility index (Phi) is 6.89. The first-order chi connectivity index (χ1) is 18.2. The lowest BCUT2D eigenvalue weighted by Crippen LogP contribution is -2.37. The van der Waals surface area contributed by atoms with E-state index in [1.807, 2.05) is 17.7 Å². The maximum absolute atomic E-state index is 13.7. The maximum Gasteiger partial charge on any atom is 0.342 e. The van der Waals surface area contributed by atoms with Crippen LogP contribution in [0.3, 0.4) is 0 Å². The molecular formula is C27H33N5O5S. The number of benzene rings is 1. The molecule has 1 aromatic carbocycles. The van der Waals surface area contributed by atoms with Gasteiger partial charge in [-0.05, 0) is 73.8 Å². The van der Waals surface area contributed by atoms with E-state index in [9.17, 15) is 18.0 Å². The van der Waals surface area contributed by atoms with Crippen molar-refractivity contribution in [1.29, 1.82) is 0 Å². The minimum absolute atomic E-state index is 0.0866. The Bertz CT molecular complexity index is 1500. The summed E-state index contributed by atoms with van der Waals surface area (Å²) in [6.07, 6.45) is 7.43. The quantitative estimate of drug-likeness (QED) is 0.421. The molecule has 1 aliphatic carbocycles. The summed E-state index contributed by atoms with van der Waals surface area (Å²) in [7, 11) is -4.33. The zero-order valence-corrected chi connectivity index (χ0v) is 22.8. The van der Waals surface area contributed by atoms with Crippen LogP contribution < -0.4 is 10.2 Å². The molecule has 1 saturated heterocycles. The minimum atomic E-state index is -4.33. The standard InChI is InChI=1S/C27H33N5O5S/c1-4-14-32-25-19(17-28-32)6-9-23(29-25)30-26(34)21-7-8-22(38(35,36)37-18(3)33)20(5-2)24(21)31-15-12-27(10-11-27)13-16-31/h6-9,17H,4-5,10-16H2,1-3H3,(H,29,30,34). The van der Waals surface area contributed by atoms with E-state index in [2.05, 4.69) is 27.2 Å². The first-order valence-corrected chi connectivity index (χ1v) is 14.6. The smallest absolute Gasteiger partial charge is 0.342 e. The van der Waals surface area contributed by atoms with Crippen LogP contribution in [0.15, 0.2) is 35.4 Å². The van der Waals surface area contributed by atoms with E-state index in [4.69, 9.17) is 4.18 Å². The molecule has 3 heterocycles. The Morgan fingerprint density at radius 2 is 1.82 bits per heavy atom. The molecule has 1 amide bonds. The number of rotatable bonds is 8. The Labute approximate surface area is 222 Å². The van der Waals surface area contributed by atoms with Gasteiger partial charge in [0.05, 0.1) is 17.4 Å². The average molecular weight is 540 g/mol. The molecule has 0 bridgehead atoms. The first kappa shape index (κ1) is 26.1. The van der Waals surface area contributed by atoms with Gasteiger partial charge in [-0.15, -0.1) is 0 Å². The number of nitrogens with zero attached hydrogens (tertiary/aromatic N) is 4. The topological polar surface area (TPSA) is 123 Å². The second kappa shape index (κ2) is 10.0. The van der Waals surface area contributed by atoms with Crippen LogP contribution in [0.1, 0.15) is 68.8 Å². The van der Waals surface area contributed by atoms with Gasteiger partial charge >= 0.3 is 16.1 Å². The molecule has 0 atom stereocenters. The maximum atomic E-state index is 13.7. The van der Waals surface area contributed by atoms with E-state index in [0.717, 1.165) is 44.7 Å². The van der Waals surface area contributed by atoms with E-state index in [1.165, 1.54) is 25.0 Å². The molecule has 2 fully saturated rings. The summed E-state index contributed by atoms with van der Waals surface area (Å²) >= 11 is 0. The van der Waals surface area contributed by atoms with Gasteiger partial charge in [0.15, 0.2) is 5.65 Å². The third kappa shape index (κ3) is 4.99. The molecule has 0 radical (unpaired) electrons. The van der Waals surface area contributed by atoms with Crippen molar-refractivity contribution < 1.29 is 22.2 Å². The number of carbonyl (C=O) groups is 2. The molecular weight excluding hydrogens is 506 g/mol. The fourth-order valence-electron chi connectivity index (χ4n) is 5.40. The Morgan fingerprint density at radius 3 is 2.45 bits per heavy atom. The van der Waals surface area contributed by atoms with Crippen molar-refractivity contribution in [2.24, 2.45) is 5.41 Å². The van der Waals surface area contributed by atoms with Gasteiger partial charge in [-0.25, -0.2) is 9.67 Å². The summed E-state index contributed by atoms with van der Waals surface area (Å²) in [5.74, 6) is -0.907. The number of nitrogens with one attached hydrogen (secondary N) is 1. The van der Waals surface area contributed by atoms with Crippen molar-refractivity contribution in [1.82, 2.24) is 14.8 Å².